The lowest BCUT2D eigenvalue weighted by atomic mass is 10.0. The van der Waals surface area contributed by atoms with Crippen LogP contribution in [-0.2, 0) is 6.54 Å². The molecule has 0 aliphatic carbocycles. The molecule has 1 aromatic heterocycles. The van der Waals surface area contributed by atoms with E-state index in [2.05, 4.69) is 65.7 Å². The van der Waals surface area contributed by atoms with Crippen LogP contribution in [0.15, 0.2) is 42.7 Å². The van der Waals surface area contributed by atoms with Gasteiger partial charge in [0.1, 0.15) is 0 Å². The highest BCUT2D eigenvalue weighted by Crippen LogP contribution is 2.29. The third-order valence-electron chi connectivity index (χ3n) is 3.97. The van der Waals surface area contributed by atoms with Gasteiger partial charge in [-0.05, 0) is 19.4 Å². The lowest BCUT2D eigenvalue weighted by Crippen LogP contribution is -2.51. The monoisotopic (exact) mass is 270 g/mol. The van der Waals surface area contributed by atoms with E-state index in [9.17, 15) is 0 Å². The molecule has 1 fully saturated rings. The molecular weight excluding hydrogens is 248 g/mol. The van der Waals surface area contributed by atoms with Crippen LogP contribution in [0.5, 0.6) is 0 Å². The van der Waals surface area contributed by atoms with Crippen molar-refractivity contribution in [3.05, 3.63) is 48.3 Å². The number of hydrogen-bond acceptors (Lipinski definition) is 3. The Hall–Kier alpha value is -1.81. The number of hydrogen-bond donors (Lipinski definition) is 1. The molecule has 1 aliphatic rings. The predicted octanol–water partition coefficient (Wildman–Crippen LogP) is 2.44. The fourth-order valence-electron chi connectivity index (χ4n) is 2.84. The number of nitrogens with zero attached hydrogens (tertiary/aromatic N) is 3. The number of aryl methyl sites for hydroxylation is 1. The molecule has 2 atom stereocenters. The zero-order chi connectivity index (χ0) is 13.9. The second-order valence-corrected chi connectivity index (χ2v) is 5.44. The Kier molecular flexibility index (Phi) is 3.74. The van der Waals surface area contributed by atoms with Gasteiger partial charge in [0.2, 0.25) is 0 Å². The van der Waals surface area contributed by atoms with Gasteiger partial charge in [-0.15, -0.1) is 0 Å². The van der Waals surface area contributed by atoms with E-state index in [4.69, 9.17) is 0 Å². The van der Waals surface area contributed by atoms with Crippen LogP contribution in [0.1, 0.15) is 25.5 Å². The Morgan fingerprint density at radius 2 is 2.10 bits per heavy atom. The average molecular weight is 270 g/mol. The summed E-state index contributed by atoms with van der Waals surface area (Å²) in [6.07, 6.45) is 4.13. The summed E-state index contributed by atoms with van der Waals surface area (Å²) in [5, 5.41) is 8.00. The first-order valence-electron chi connectivity index (χ1n) is 7.35. The van der Waals surface area contributed by atoms with E-state index in [0.29, 0.717) is 12.1 Å². The van der Waals surface area contributed by atoms with Crippen molar-refractivity contribution in [1.82, 2.24) is 15.1 Å². The Bertz CT molecular complexity index is 549. The normalized spacial score (nSPS) is 23.0. The number of benzene rings is 1. The van der Waals surface area contributed by atoms with Crippen LogP contribution in [0.2, 0.25) is 0 Å². The SMILES string of the molecule is CCn1cc(N2CC(C)NCC2c2ccccc2)cn1. The number of nitrogens with one attached hydrogen (secondary N) is 1. The van der Waals surface area contributed by atoms with Gasteiger partial charge in [-0.25, -0.2) is 0 Å². The van der Waals surface area contributed by atoms with Crippen molar-refractivity contribution in [2.24, 2.45) is 0 Å². The maximum absolute atomic E-state index is 4.42. The number of aromatic nitrogens is 2. The summed E-state index contributed by atoms with van der Waals surface area (Å²) < 4.78 is 1.99. The molecule has 0 amide bonds. The highest BCUT2D eigenvalue weighted by atomic mass is 15.3. The third-order valence-corrected chi connectivity index (χ3v) is 3.97. The van der Waals surface area contributed by atoms with Gasteiger partial charge in [-0.1, -0.05) is 30.3 Å². The van der Waals surface area contributed by atoms with E-state index in [1.807, 2.05) is 10.9 Å². The van der Waals surface area contributed by atoms with Crippen molar-refractivity contribution >= 4 is 5.69 Å². The maximum Gasteiger partial charge on any atom is 0.0758 e. The van der Waals surface area contributed by atoms with E-state index in [-0.39, 0.29) is 0 Å². The minimum atomic E-state index is 0.377. The molecule has 0 saturated carbocycles. The molecule has 2 aromatic rings. The fraction of sp³-hybridized carbons (Fsp3) is 0.438. The average Bonchev–Trinajstić information content (AvgIpc) is 2.97. The molecule has 1 N–H and O–H groups in total. The molecule has 2 unspecified atom stereocenters. The molecule has 3 rings (SSSR count). The Morgan fingerprint density at radius 1 is 1.30 bits per heavy atom. The Labute approximate surface area is 120 Å². The standard InChI is InChI=1S/C16H22N4/c1-3-19-12-15(9-18-19)20-11-13(2)17-10-16(20)14-7-5-4-6-8-14/h4-9,12-13,16-17H,3,10-11H2,1-2H3. The summed E-state index contributed by atoms with van der Waals surface area (Å²) in [4.78, 5) is 2.47. The van der Waals surface area contributed by atoms with Crippen molar-refractivity contribution < 1.29 is 0 Å². The molecule has 2 heterocycles. The van der Waals surface area contributed by atoms with E-state index in [1.165, 1.54) is 11.3 Å². The Morgan fingerprint density at radius 3 is 2.80 bits per heavy atom. The van der Waals surface area contributed by atoms with Crippen molar-refractivity contribution in [3.63, 3.8) is 0 Å². The molecule has 1 saturated heterocycles. The molecule has 0 radical (unpaired) electrons. The zero-order valence-corrected chi connectivity index (χ0v) is 12.2. The number of rotatable bonds is 3. The summed E-state index contributed by atoms with van der Waals surface area (Å²) in [7, 11) is 0. The topological polar surface area (TPSA) is 33.1 Å². The molecule has 1 aromatic carbocycles. The lowest BCUT2D eigenvalue weighted by Gasteiger charge is -2.40. The summed E-state index contributed by atoms with van der Waals surface area (Å²) in [5.41, 5.74) is 2.57. The van der Waals surface area contributed by atoms with Gasteiger partial charge < -0.3 is 10.2 Å². The molecule has 0 spiro atoms. The second kappa shape index (κ2) is 5.67. The van der Waals surface area contributed by atoms with Gasteiger partial charge in [-0.2, -0.15) is 5.10 Å². The number of anilines is 1. The highest BCUT2D eigenvalue weighted by Gasteiger charge is 2.27. The maximum atomic E-state index is 4.42. The van der Waals surface area contributed by atoms with Crippen LogP contribution in [0.4, 0.5) is 5.69 Å². The third kappa shape index (κ3) is 2.56. The lowest BCUT2D eigenvalue weighted by molar-refractivity contribution is 0.416. The smallest absolute Gasteiger partial charge is 0.0758 e. The van der Waals surface area contributed by atoms with E-state index < -0.39 is 0 Å². The summed E-state index contributed by atoms with van der Waals surface area (Å²) in [6, 6.07) is 11.6. The molecule has 1 aliphatic heterocycles. The highest BCUT2D eigenvalue weighted by molar-refractivity contribution is 5.47. The van der Waals surface area contributed by atoms with E-state index >= 15 is 0 Å². The van der Waals surface area contributed by atoms with Crippen LogP contribution in [0.25, 0.3) is 0 Å². The zero-order valence-electron chi connectivity index (χ0n) is 12.2. The van der Waals surface area contributed by atoms with Crippen molar-refractivity contribution in [3.8, 4) is 0 Å². The first-order valence-corrected chi connectivity index (χ1v) is 7.35. The summed E-state index contributed by atoms with van der Waals surface area (Å²) >= 11 is 0. The van der Waals surface area contributed by atoms with Crippen LogP contribution in [-0.4, -0.2) is 28.9 Å². The largest absolute Gasteiger partial charge is 0.359 e. The molecule has 106 valence electrons. The van der Waals surface area contributed by atoms with Crippen LogP contribution < -0.4 is 10.2 Å². The summed E-state index contributed by atoms with van der Waals surface area (Å²) in [6.45, 7) is 7.25. The summed E-state index contributed by atoms with van der Waals surface area (Å²) in [5.74, 6) is 0. The predicted molar refractivity (Wildman–Crippen MR) is 81.9 cm³/mol. The first kappa shape index (κ1) is 13.2. The second-order valence-electron chi connectivity index (χ2n) is 5.44. The van der Waals surface area contributed by atoms with Crippen LogP contribution in [0.3, 0.4) is 0 Å². The number of piperazine rings is 1. The van der Waals surface area contributed by atoms with Crippen molar-refractivity contribution in [1.29, 1.82) is 0 Å². The van der Waals surface area contributed by atoms with Gasteiger partial charge in [0, 0.05) is 31.9 Å². The Balaban J connectivity index is 1.91. The van der Waals surface area contributed by atoms with Gasteiger partial charge in [-0.3, -0.25) is 4.68 Å². The first-order chi connectivity index (χ1) is 9.78. The van der Waals surface area contributed by atoms with E-state index in [1.54, 1.807) is 0 Å². The van der Waals surface area contributed by atoms with E-state index in [0.717, 1.165) is 19.6 Å². The minimum Gasteiger partial charge on any atom is -0.359 e. The van der Waals surface area contributed by atoms with Gasteiger partial charge in [0.05, 0.1) is 17.9 Å². The van der Waals surface area contributed by atoms with Gasteiger partial charge >= 0.3 is 0 Å². The molecular formula is C16H22N4. The van der Waals surface area contributed by atoms with Crippen molar-refractivity contribution in [2.75, 3.05) is 18.0 Å². The van der Waals surface area contributed by atoms with Crippen LogP contribution >= 0.6 is 0 Å². The molecule has 4 heteroatoms. The fourth-order valence-corrected chi connectivity index (χ4v) is 2.84. The quantitative estimate of drug-likeness (QED) is 0.930. The molecule has 0 bridgehead atoms. The molecule has 4 nitrogen and oxygen atoms in total. The van der Waals surface area contributed by atoms with Crippen LogP contribution in [0, 0.1) is 0 Å². The van der Waals surface area contributed by atoms with Gasteiger partial charge in [0.25, 0.3) is 0 Å². The van der Waals surface area contributed by atoms with Crippen molar-refractivity contribution in [2.45, 2.75) is 32.5 Å². The minimum absolute atomic E-state index is 0.377. The molecule has 20 heavy (non-hydrogen) atoms. The van der Waals surface area contributed by atoms with Gasteiger partial charge in [0.15, 0.2) is 0 Å².